The van der Waals surface area contributed by atoms with Crippen LogP contribution in [-0.2, 0) is 4.74 Å². The van der Waals surface area contributed by atoms with Crippen LogP contribution < -0.4 is 5.73 Å². The van der Waals surface area contributed by atoms with E-state index in [-0.39, 0.29) is 17.2 Å². The minimum atomic E-state index is -1.99. The van der Waals surface area contributed by atoms with Crippen LogP contribution in [0.5, 0.6) is 0 Å². The maximum absolute atomic E-state index is 14.3. The van der Waals surface area contributed by atoms with Gasteiger partial charge >= 0.3 is 0 Å². The molecule has 1 aliphatic heterocycles. The summed E-state index contributed by atoms with van der Waals surface area (Å²) in [6.07, 6.45) is -2.66. The average Bonchev–Trinajstić information content (AvgIpc) is 3.02. The lowest BCUT2D eigenvalue weighted by atomic mass is 9.97. The van der Waals surface area contributed by atoms with Gasteiger partial charge in [-0.3, -0.25) is 0 Å². The molecule has 4 N–H and O–H groups in total. The van der Waals surface area contributed by atoms with Gasteiger partial charge in [0, 0.05) is 0 Å². The Balaban J connectivity index is 2.06. The number of hydrogen-bond donors (Lipinski definition) is 3. The molecule has 0 bridgehead atoms. The molecule has 1 aliphatic rings. The number of hydrogen-bond acceptors (Lipinski definition) is 7. The Labute approximate surface area is 117 Å². The molecule has 1 saturated heterocycles. The number of alkyl halides is 2. The molecule has 0 spiro atoms. The van der Waals surface area contributed by atoms with Crippen molar-refractivity contribution in [1.82, 2.24) is 19.6 Å². The second-order valence-electron chi connectivity index (χ2n) is 4.85. The summed E-state index contributed by atoms with van der Waals surface area (Å²) in [7, 11) is 0. The SMILES string of the molecule is Nc1ncnn2c(C3OC(CO)(CF)C(O)C3F)cnc12. The lowest BCUT2D eigenvalue weighted by molar-refractivity contribution is -0.123. The Morgan fingerprint density at radius 3 is 2.86 bits per heavy atom. The third kappa shape index (κ3) is 1.87. The second-order valence-corrected chi connectivity index (χ2v) is 4.85. The topological polar surface area (TPSA) is 119 Å². The number of ether oxygens (including phenoxy) is 1. The fourth-order valence-electron chi connectivity index (χ4n) is 2.40. The van der Waals surface area contributed by atoms with Crippen LogP contribution in [0.15, 0.2) is 12.5 Å². The van der Waals surface area contributed by atoms with E-state index < -0.39 is 37.3 Å². The summed E-state index contributed by atoms with van der Waals surface area (Å²) in [6, 6.07) is 0. The fourth-order valence-corrected chi connectivity index (χ4v) is 2.40. The summed E-state index contributed by atoms with van der Waals surface area (Å²) in [4.78, 5) is 7.69. The number of rotatable bonds is 3. The lowest BCUT2D eigenvalue weighted by Crippen LogP contribution is -2.47. The number of fused-ring (bicyclic) bond motifs is 1. The van der Waals surface area contributed by atoms with E-state index in [1.54, 1.807) is 0 Å². The van der Waals surface area contributed by atoms with E-state index in [9.17, 15) is 19.0 Å². The number of halogens is 2. The number of aliphatic hydroxyl groups excluding tert-OH is 2. The Kier molecular flexibility index (Phi) is 3.23. The monoisotopic (exact) mass is 301 g/mol. The van der Waals surface area contributed by atoms with E-state index in [4.69, 9.17) is 10.5 Å². The van der Waals surface area contributed by atoms with E-state index in [2.05, 4.69) is 15.1 Å². The van der Waals surface area contributed by atoms with Crippen molar-refractivity contribution >= 4 is 11.5 Å². The molecule has 0 aliphatic carbocycles. The summed E-state index contributed by atoms with van der Waals surface area (Å²) in [5.74, 6) is 0.0871. The van der Waals surface area contributed by atoms with Crippen LogP contribution in [0.2, 0.25) is 0 Å². The van der Waals surface area contributed by atoms with Crippen molar-refractivity contribution in [2.75, 3.05) is 19.0 Å². The summed E-state index contributed by atoms with van der Waals surface area (Å²) >= 11 is 0. The summed E-state index contributed by atoms with van der Waals surface area (Å²) in [5, 5.41) is 22.9. The van der Waals surface area contributed by atoms with Gasteiger partial charge in [0.25, 0.3) is 0 Å². The minimum absolute atomic E-state index is 0.0871. The number of anilines is 1. The molecule has 114 valence electrons. The van der Waals surface area contributed by atoms with E-state index in [0.717, 1.165) is 6.33 Å². The first kappa shape index (κ1) is 14.0. The largest absolute Gasteiger partial charge is 0.393 e. The van der Waals surface area contributed by atoms with Crippen LogP contribution in [0, 0.1) is 0 Å². The highest BCUT2D eigenvalue weighted by Crippen LogP contribution is 2.42. The molecule has 8 nitrogen and oxygen atoms in total. The van der Waals surface area contributed by atoms with Crippen molar-refractivity contribution in [2.24, 2.45) is 0 Å². The van der Waals surface area contributed by atoms with Gasteiger partial charge in [0.1, 0.15) is 30.8 Å². The number of aromatic nitrogens is 4. The van der Waals surface area contributed by atoms with Crippen LogP contribution >= 0.6 is 0 Å². The Morgan fingerprint density at radius 2 is 2.24 bits per heavy atom. The lowest BCUT2D eigenvalue weighted by Gasteiger charge is -2.25. The van der Waals surface area contributed by atoms with Gasteiger partial charge in [0.2, 0.25) is 0 Å². The van der Waals surface area contributed by atoms with Gasteiger partial charge in [-0.15, -0.1) is 0 Å². The molecule has 2 aromatic rings. The van der Waals surface area contributed by atoms with Gasteiger partial charge in [0.15, 0.2) is 17.6 Å². The quantitative estimate of drug-likeness (QED) is 0.677. The van der Waals surface area contributed by atoms with Crippen molar-refractivity contribution in [3.05, 3.63) is 18.2 Å². The van der Waals surface area contributed by atoms with Gasteiger partial charge in [-0.05, 0) is 0 Å². The standard InChI is InChI=1S/C11H13F2N5O3/c12-2-11(3-19)8(20)6(13)7(21-11)5-1-15-10-9(14)16-4-17-18(5)10/h1,4,6-8,19-20H,2-3H2,(H2,14,16,17). The molecule has 2 aromatic heterocycles. The predicted octanol–water partition coefficient (Wildman–Crippen LogP) is -0.823. The molecule has 0 aromatic carbocycles. The maximum atomic E-state index is 14.3. The number of nitrogen functional groups attached to an aromatic ring is 1. The number of nitrogens with zero attached hydrogens (tertiary/aromatic N) is 4. The van der Waals surface area contributed by atoms with Gasteiger partial charge in [0.05, 0.1) is 18.5 Å². The van der Waals surface area contributed by atoms with Crippen LogP contribution in [0.4, 0.5) is 14.6 Å². The number of nitrogens with two attached hydrogens (primary N) is 1. The molecule has 0 amide bonds. The molecule has 3 rings (SSSR count). The molecular formula is C11H13F2N5O3. The van der Waals surface area contributed by atoms with Gasteiger partial charge in [-0.2, -0.15) is 5.10 Å². The molecule has 1 fully saturated rings. The third-order valence-electron chi connectivity index (χ3n) is 3.63. The highest BCUT2D eigenvalue weighted by Gasteiger charge is 2.56. The average molecular weight is 301 g/mol. The number of aliphatic hydroxyl groups is 2. The van der Waals surface area contributed by atoms with Crippen molar-refractivity contribution in [1.29, 1.82) is 0 Å². The first-order valence-electron chi connectivity index (χ1n) is 6.15. The summed E-state index contributed by atoms with van der Waals surface area (Å²) in [6.45, 7) is -2.08. The Hall–Kier alpha value is -1.91. The molecule has 0 radical (unpaired) electrons. The van der Waals surface area contributed by atoms with Crippen molar-refractivity contribution in [3.63, 3.8) is 0 Å². The van der Waals surface area contributed by atoms with Crippen LogP contribution in [0.1, 0.15) is 11.8 Å². The molecular weight excluding hydrogens is 288 g/mol. The smallest absolute Gasteiger partial charge is 0.196 e. The zero-order valence-electron chi connectivity index (χ0n) is 10.7. The second kappa shape index (κ2) is 4.83. The molecule has 10 heteroatoms. The predicted molar refractivity (Wildman–Crippen MR) is 65.7 cm³/mol. The highest BCUT2D eigenvalue weighted by atomic mass is 19.1. The van der Waals surface area contributed by atoms with E-state index in [1.807, 2.05) is 0 Å². The fraction of sp³-hybridized carbons (Fsp3) is 0.545. The van der Waals surface area contributed by atoms with Crippen LogP contribution in [0.3, 0.4) is 0 Å². The minimum Gasteiger partial charge on any atom is -0.393 e. The molecule has 21 heavy (non-hydrogen) atoms. The zero-order valence-corrected chi connectivity index (χ0v) is 10.7. The zero-order chi connectivity index (χ0) is 15.2. The maximum Gasteiger partial charge on any atom is 0.196 e. The normalized spacial score (nSPS) is 32.9. The highest BCUT2D eigenvalue weighted by molar-refractivity contribution is 5.58. The summed E-state index contributed by atoms with van der Waals surface area (Å²) in [5.41, 5.74) is 3.97. The van der Waals surface area contributed by atoms with E-state index >= 15 is 0 Å². The van der Waals surface area contributed by atoms with Crippen LogP contribution in [0.25, 0.3) is 5.65 Å². The molecule has 3 heterocycles. The third-order valence-corrected chi connectivity index (χ3v) is 3.63. The van der Waals surface area contributed by atoms with E-state index in [0.29, 0.717) is 0 Å². The van der Waals surface area contributed by atoms with Crippen molar-refractivity contribution in [3.8, 4) is 0 Å². The van der Waals surface area contributed by atoms with Gasteiger partial charge in [-0.25, -0.2) is 23.3 Å². The van der Waals surface area contributed by atoms with Gasteiger partial charge in [-0.1, -0.05) is 0 Å². The molecule has 4 atom stereocenters. The van der Waals surface area contributed by atoms with Crippen LogP contribution in [-0.4, -0.2) is 61.0 Å². The Morgan fingerprint density at radius 1 is 1.48 bits per heavy atom. The van der Waals surface area contributed by atoms with Crippen molar-refractivity contribution in [2.45, 2.75) is 24.0 Å². The molecule has 0 saturated carbocycles. The summed E-state index contributed by atoms with van der Waals surface area (Å²) < 4.78 is 33.8. The van der Waals surface area contributed by atoms with Gasteiger partial charge < -0.3 is 20.7 Å². The number of imidazole rings is 1. The van der Waals surface area contributed by atoms with E-state index in [1.165, 1.54) is 10.7 Å². The van der Waals surface area contributed by atoms with Crippen molar-refractivity contribution < 1.29 is 23.7 Å². The Bertz CT molecular complexity index is 662. The first-order valence-corrected chi connectivity index (χ1v) is 6.15. The molecule has 4 unspecified atom stereocenters. The first-order chi connectivity index (χ1) is 10.0.